The van der Waals surface area contributed by atoms with E-state index >= 15 is 0 Å². The third kappa shape index (κ3) is 8.44. The molecule has 212 valence electrons. The molecule has 2 aromatic heterocycles. The van der Waals surface area contributed by atoms with Gasteiger partial charge < -0.3 is 4.90 Å². The van der Waals surface area contributed by atoms with E-state index < -0.39 is 0 Å². The SMILES string of the molecule is CCCCCCCCCCCCc1ccc(N(c2ccc(-c3cccs3)cc2)c2ccc(-c3cccs3)cc2)cc1. The fourth-order valence-electron chi connectivity index (χ4n) is 5.51. The minimum absolute atomic E-state index is 1.17. The van der Waals surface area contributed by atoms with Crippen molar-refractivity contribution in [3.05, 3.63) is 113 Å². The highest BCUT2D eigenvalue weighted by atomic mass is 32.1. The van der Waals surface area contributed by atoms with Crippen LogP contribution >= 0.6 is 22.7 Å². The van der Waals surface area contributed by atoms with E-state index in [0.29, 0.717) is 0 Å². The van der Waals surface area contributed by atoms with Gasteiger partial charge in [-0.1, -0.05) is 113 Å². The fourth-order valence-corrected chi connectivity index (χ4v) is 6.98. The van der Waals surface area contributed by atoms with Crippen LogP contribution in [0.4, 0.5) is 17.1 Å². The number of hydrogen-bond donors (Lipinski definition) is 0. The lowest BCUT2D eigenvalue weighted by atomic mass is 10.0. The summed E-state index contributed by atoms with van der Waals surface area (Å²) in [5.41, 5.74) is 7.53. The van der Waals surface area contributed by atoms with E-state index in [2.05, 4.69) is 120 Å². The molecule has 0 amide bonds. The predicted molar refractivity (Wildman–Crippen MR) is 183 cm³/mol. The van der Waals surface area contributed by atoms with Crippen molar-refractivity contribution in [2.75, 3.05) is 4.90 Å². The Hall–Kier alpha value is -3.14. The zero-order valence-corrected chi connectivity index (χ0v) is 26.1. The number of nitrogens with zero attached hydrogens (tertiary/aromatic N) is 1. The number of benzene rings is 3. The van der Waals surface area contributed by atoms with Crippen molar-refractivity contribution in [2.24, 2.45) is 0 Å². The van der Waals surface area contributed by atoms with Gasteiger partial charge >= 0.3 is 0 Å². The number of rotatable bonds is 16. The van der Waals surface area contributed by atoms with Crippen molar-refractivity contribution >= 4 is 39.7 Å². The first kappa shape index (κ1) is 29.4. The van der Waals surface area contributed by atoms with Crippen LogP contribution in [0.25, 0.3) is 20.9 Å². The van der Waals surface area contributed by atoms with E-state index in [1.54, 1.807) is 22.7 Å². The molecule has 5 rings (SSSR count). The first-order chi connectivity index (χ1) is 20.3. The van der Waals surface area contributed by atoms with Crippen molar-refractivity contribution in [3.8, 4) is 20.9 Å². The second kappa shape index (κ2) is 15.7. The number of unbranched alkanes of at least 4 members (excludes halogenated alkanes) is 9. The molecule has 41 heavy (non-hydrogen) atoms. The van der Waals surface area contributed by atoms with E-state index in [-0.39, 0.29) is 0 Å². The Morgan fingerprint density at radius 1 is 0.463 bits per heavy atom. The van der Waals surface area contributed by atoms with Gasteiger partial charge in [-0.15, -0.1) is 22.7 Å². The van der Waals surface area contributed by atoms with Crippen molar-refractivity contribution in [2.45, 2.75) is 77.6 Å². The van der Waals surface area contributed by atoms with Gasteiger partial charge in [-0.05, 0) is 88.8 Å². The quantitative estimate of drug-likeness (QED) is 0.105. The Bertz CT molecular complexity index is 1310. The van der Waals surface area contributed by atoms with Crippen molar-refractivity contribution < 1.29 is 0 Å². The van der Waals surface area contributed by atoms with Crippen LogP contribution in [0.5, 0.6) is 0 Å². The standard InChI is InChI=1S/C38H43NS2/c1-2-3-4-5-6-7-8-9-10-11-14-31-17-23-34(24-18-31)39(35-25-19-32(20-26-35)37-15-12-29-40-37)36-27-21-33(22-28-36)38-16-13-30-41-38/h12-13,15-30H,2-11,14H2,1H3. The third-order valence-corrected chi connectivity index (χ3v) is 9.71. The summed E-state index contributed by atoms with van der Waals surface area (Å²) in [6.07, 6.45) is 15.0. The lowest BCUT2D eigenvalue weighted by Crippen LogP contribution is -2.09. The fraction of sp³-hybridized carbons (Fsp3) is 0.316. The molecule has 3 heteroatoms. The zero-order chi connectivity index (χ0) is 28.1. The maximum atomic E-state index is 2.38. The molecule has 0 aliphatic carbocycles. The van der Waals surface area contributed by atoms with Gasteiger partial charge in [0, 0.05) is 26.8 Å². The molecule has 0 aliphatic heterocycles. The highest BCUT2D eigenvalue weighted by Gasteiger charge is 2.13. The average Bonchev–Trinajstić information content (AvgIpc) is 3.76. The van der Waals surface area contributed by atoms with Crippen LogP contribution in [0.1, 0.15) is 76.7 Å². The Balaban J connectivity index is 1.24. The van der Waals surface area contributed by atoms with Crippen molar-refractivity contribution in [3.63, 3.8) is 0 Å². The topological polar surface area (TPSA) is 3.24 Å². The summed E-state index contributed by atoms with van der Waals surface area (Å²) in [7, 11) is 0. The van der Waals surface area contributed by atoms with Crippen LogP contribution in [-0.4, -0.2) is 0 Å². The summed E-state index contributed by atoms with van der Waals surface area (Å²) in [6.45, 7) is 2.29. The molecular formula is C38H43NS2. The van der Waals surface area contributed by atoms with Crippen LogP contribution in [0.2, 0.25) is 0 Å². The molecule has 0 saturated carbocycles. The molecule has 0 N–H and O–H groups in total. The van der Waals surface area contributed by atoms with Gasteiger partial charge in [0.25, 0.3) is 0 Å². The maximum absolute atomic E-state index is 2.38. The van der Waals surface area contributed by atoms with Gasteiger partial charge in [-0.3, -0.25) is 0 Å². The highest BCUT2D eigenvalue weighted by Crippen LogP contribution is 2.37. The van der Waals surface area contributed by atoms with Gasteiger partial charge in [0.1, 0.15) is 0 Å². The number of hydrogen-bond acceptors (Lipinski definition) is 3. The van der Waals surface area contributed by atoms with E-state index in [0.717, 1.165) is 0 Å². The zero-order valence-electron chi connectivity index (χ0n) is 24.4. The Morgan fingerprint density at radius 3 is 1.29 bits per heavy atom. The molecule has 0 bridgehead atoms. The average molecular weight is 578 g/mol. The number of thiophene rings is 2. The number of aryl methyl sites for hydroxylation is 1. The second-order valence-corrected chi connectivity index (χ2v) is 12.9. The lowest BCUT2D eigenvalue weighted by Gasteiger charge is -2.26. The van der Waals surface area contributed by atoms with E-state index in [9.17, 15) is 0 Å². The number of anilines is 3. The summed E-state index contributed by atoms with van der Waals surface area (Å²) in [5.74, 6) is 0. The van der Waals surface area contributed by atoms with Gasteiger partial charge in [-0.2, -0.15) is 0 Å². The third-order valence-electron chi connectivity index (χ3n) is 7.88. The van der Waals surface area contributed by atoms with Crippen LogP contribution < -0.4 is 4.90 Å². The summed E-state index contributed by atoms with van der Waals surface area (Å²) < 4.78 is 0. The minimum atomic E-state index is 1.17. The molecule has 5 aromatic rings. The van der Waals surface area contributed by atoms with E-state index in [4.69, 9.17) is 0 Å². The first-order valence-corrected chi connectivity index (χ1v) is 17.2. The maximum Gasteiger partial charge on any atom is 0.0462 e. The normalized spacial score (nSPS) is 11.1. The summed E-state index contributed by atoms with van der Waals surface area (Å²) >= 11 is 3.57. The molecule has 1 nitrogen and oxygen atoms in total. The van der Waals surface area contributed by atoms with Gasteiger partial charge in [0.05, 0.1) is 0 Å². The summed E-state index contributed by atoms with van der Waals surface area (Å²) in [6, 6.07) is 35.8. The van der Waals surface area contributed by atoms with Crippen LogP contribution in [-0.2, 0) is 6.42 Å². The molecule has 0 aliphatic rings. The highest BCUT2D eigenvalue weighted by molar-refractivity contribution is 7.13. The minimum Gasteiger partial charge on any atom is -0.311 e. The van der Waals surface area contributed by atoms with Crippen LogP contribution in [0.3, 0.4) is 0 Å². The van der Waals surface area contributed by atoms with Crippen LogP contribution in [0.15, 0.2) is 108 Å². The molecule has 0 unspecified atom stereocenters. The molecule has 3 aromatic carbocycles. The predicted octanol–water partition coefficient (Wildman–Crippen LogP) is 13.1. The molecule has 0 saturated heterocycles. The van der Waals surface area contributed by atoms with Gasteiger partial charge in [-0.25, -0.2) is 0 Å². The Kier molecular flexibility index (Phi) is 11.3. The second-order valence-electron chi connectivity index (χ2n) is 11.0. The molecule has 0 atom stereocenters. The van der Waals surface area contributed by atoms with Gasteiger partial charge in [0.2, 0.25) is 0 Å². The van der Waals surface area contributed by atoms with Crippen LogP contribution in [0, 0.1) is 0 Å². The van der Waals surface area contributed by atoms with E-state index in [1.807, 2.05) is 0 Å². The van der Waals surface area contributed by atoms with Crippen molar-refractivity contribution in [1.29, 1.82) is 0 Å². The molecule has 0 spiro atoms. The van der Waals surface area contributed by atoms with Gasteiger partial charge in [0.15, 0.2) is 0 Å². The monoisotopic (exact) mass is 577 g/mol. The van der Waals surface area contributed by atoms with Crippen molar-refractivity contribution in [1.82, 2.24) is 0 Å². The summed E-state index contributed by atoms with van der Waals surface area (Å²) in [5, 5.41) is 4.28. The Labute approximate surface area is 255 Å². The summed E-state index contributed by atoms with van der Waals surface area (Å²) in [4.78, 5) is 4.99. The molecule has 2 heterocycles. The lowest BCUT2D eigenvalue weighted by molar-refractivity contribution is 0.556. The first-order valence-electron chi connectivity index (χ1n) is 15.5. The largest absolute Gasteiger partial charge is 0.311 e. The smallest absolute Gasteiger partial charge is 0.0462 e. The van der Waals surface area contributed by atoms with E-state index in [1.165, 1.54) is 114 Å². The Morgan fingerprint density at radius 2 is 0.878 bits per heavy atom. The molecule has 0 fully saturated rings. The molecule has 0 radical (unpaired) electrons. The molecular weight excluding hydrogens is 535 g/mol.